The number of rotatable bonds is 7. The van der Waals surface area contributed by atoms with Gasteiger partial charge in [-0.3, -0.25) is 14.7 Å². The number of carbonyl (C=O) groups is 1. The molecule has 1 atom stereocenters. The van der Waals surface area contributed by atoms with E-state index < -0.39 is 5.60 Å². The van der Waals surface area contributed by atoms with Crippen LogP contribution in [0.5, 0.6) is 5.75 Å². The predicted octanol–water partition coefficient (Wildman–Crippen LogP) is 3.32. The molecule has 32 heavy (non-hydrogen) atoms. The topological polar surface area (TPSA) is 63.7 Å². The second-order valence-electron chi connectivity index (χ2n) is 8.10. The molecule has 3 aromatic rings. The second kappa shape index (κ2) is 9.94. The van der Waals surface area contributed by atoms with Crippen LogP contribution in [0, 0.1) is 0 Å². The summed E-state index contributed by atoms with van der Waals surface area (Å²) >= 11 is 0. The third kappa shape index (κ3) is 4.98. The molecule has 1 aliphatic rings. The lowest BCUT2D eigenvalue weighted by atomic mass is 9.90. The average molecular weight is 432 g/mol. The Hall–Kier alpha value is -3.22. The van der Waals surface area contributed by atoms with Crippen molar-refractivity contribution in [1.29, 1.82) is 0 Å². The van der Waals surface area contributed by atoms with Gasteiger partial charge in [-0.25, -0.2) is 0 Å². The van der Waals surface area contributed by atoms with Crippen LogP contribution in [0.3, 0.4) is 0 Å². The van der Waals surface area contributed by atoms with Crippen LogP contribution in [0.2, 0.25) is 0 Å². The van der Waals surface area contributed by atoms with Crippen molar-refractivity contribution in [1.82, 2.24) is 15.2 Å². The van der Waals surface area contributed by atoms with Gasteiger partial charge in [0, 0.05) is 45.5 Å². The van der Waals surface area contributed by atoms with E-state index in [1.807, 2.05) is 36.5 Å². The number of pyridine rings is 1. The minimum absolute atomic E-state index is 0.0938. The number of hydrogen-bond acceptors (Lipinski definition) is 5. The molecule has 0 aliphatic carbocycles. The first-order valence-electron chi connectivity index (χ1n) is 10.8. The molecular formula is C26H29N3O3. The molecule has 1 aliphatic heterocycles. The van der Waals surface area contributed by atoms with Crippen LogP contribution in [-0.2, 0) is 22.5 Å². The first-order chi connectivity index (χ1) is 15.6. The fourth-order valence-corrected chi connectivity index (χ4v) is 4.26. The van der Waals surface area contributed by atoms with Crippen LogP contribution < -0.4 is 10.1 Å². The lowest BCUT2D eigenvalue weighted by molar-refractivity contribution is -0.160. The van der Waals surface area contributed by atoms with Crippen molar-refractivity contribution < 1.29 is 14.3 Å². The fourth-order valence-electron chi connectivity index (χ4n) is 4.26. The van der Waals surface area contributed by atoms with Crippen molar-refractivity contribution in [3.8, 4) is 16.9 Å². The quantitative estimate of drug-likeness (QED) is 0.622. The maximum absolute atomic E-state index is 13.0. The van der Waals surface area contributed by atoms with Crippen LogP contribution >= 0.6 is 0 Å². The molecule has 1 amide bonds. The molecule has 166 valence electrons. The molecule has 2 heterocycles. The lowest BCUT2D eigenvalue weighted by Gasteiger charge is -2.41. The zero-order valence-electron chi connectivity index (χ0n) is 18.6. The minimum atomic E-state index is -0.937. The number of nitrogens with zero attached hydrogens (tertiary/aromatic N) is 2. The van der Waals surface area contributed by atoms with Gasteiger partial charge >= 0.3 is 0 Å². The number of likely N-dealkylation sites (N-methyl/N-ethyl adjacent to an activating group) is 1. The van der Waals surface area contributed by atoms with E-state index in [1.165, 1.54) is 5.56 Å². The van der Waals surface area contributed by atoms with E-state index in [-0.39, 0.29) is 5.91 Å². The monoisotopic (exact) mass is 431 g/mol. The maximum Gasteiger partial charge on any atom is 0.253 e. The van der Waals surface area contributed by atoms with Gasteiger partial charge in [0.1, 0.15) is 5.75 Å². The van der Waals surface area contributed by atoms with E-state index in [1.54, 1.807) is 20.4 Å². The highest BCUT2D eigenvalue weighted by molar-refractivity contribution is 5.86. The zero-order valence-corrected chi connectivity index (χ0v) is 18.6. The predicted molar refractivity (Wildman–Crippen MR) is 124 cm³/mol. The number of amides is 1. The van der Waals surface area contributed by atoms with E-state index in [0.717, 1.165) is 35.5 Å². The number of hydrogen-bond donors (Lipinski definition) is 1. The number of morpholine rings is 1. The van der Waals surface area contributed by atoms with Crippen molar-refractivity contribution in [2.45, 2.75) is 18.6 Å². The number of nitrogens with one attached hydrogen (secondary N) is 1. The Morgan fingerprint density at radius 3 is 2.66 bits per heavy atom. The Morgan fingerprint density at radius 2 is 1.94 bits per heavy atom. The smallest absolute Gasteiger partial charge is 0.253 e. The summed E-state index contributed by atoms with van der Waals surface area (Å²) in [4.78, 5) is 19.5. The largest absolute Gasteiger partial charge is 0.497 e. The van der Waals surface area contributed by atoms with Gasteiger partial charge in [0.25, 0.3) is 5.91 Å². The van der Waals surface area contributed by atoms with Gasteiger partial charge in [-0.1, -0.05) is 42.5 Å². The first-order valence-corrected chi connectivity index (χ1v) is 10.8. The molecule has 0 unspecified atom stereocenters. The molecule has 0 saturated carbocycles. The summed E-state index contributed by atoms with van der Waals surface area (Å²) in [6, 6.07) is 20.3. The minimum Gasteiger partial charge on any atom is -0.497 e. The lowest BCUT2D eigenvalue weighted by Crippen LogP contribution is -2.60. The van der Waals surface area contributed by atoms with Gasteiger partial charge in [0.2, 0.25) is 0 Å². The molecule has 1 fully saturated rings. The highest BCUT2D eigenvalue weighted by Crippen LogP contribution is 2.27. The number of ether oxygens (including phenoxy) is 2. The Labute approximate surface area is 189 Å². The third-order valence-electron chi connectivity index (χ3n) is 5.88. The molecule has 6 heteroatoms. The van der Waals surface area contributed by atoms with Gasteiger partial charge in [-0.05, 0) is 40.5 Å². The molecule has 0 spiro atoms. The zero-order chi connectivity index (χ0) is 22.4. The van der Waals surface area contributed by atoms with Crippen LogP contribution in [0.25, 0.3) is 11.1 Å². The second-order valence-corrected chi connectivity index (χ2v) is 8.10. The Morgan fingerprint density at radius 1 is 1.12 bits per heavy atom. The van der Waals surface area contributed by atoms with Crippen molar-refractivity contribution in [3.63, 3.8) is 0 Å². The first kappa shape index (κ1) is 22.0. The summed E-state index contributed by atoms with van der Waals surface area (Å²) in [5.74, 6) is 0.743. The van der Waals surface area contributed by atoms with E-state index >= 15 is 0 Å². The van der Waals surface area contributed by atoms with Gasteiger partial charge in [-0.15, -0.1) is 0 Å². The third-order valence-corrected chi connectivity index (χ3v) is 5.88. The fraction of sp³-hybridized carbons (Fsp3) is 0.308. The average Bonchev–Trinajstić information content (AvgIpc) is 2.85. The van der Waals surface area contributed by atoms with Crippen LogP contribution in [0.1, 0.15) is 11.1 Å². The molecule has 1 N–H and O–H groups in total. The number of benzene rings is 2. The van der Waals surface area contributed by atoms with Crippen molar-refractivity contribution in [3.05, 3.63) is 84.2 Å². The Kier molecular flexibility index (Phi) is 6.83. The molecular weight excluding hydrogens is 402 g/mol. The molecule has 0 radical (unpaired) electrons. The van der Waals surface area contributed by atoms with E-state index in [9.17, 15) is 4.79 Å². The van der Waals surface area contributed by atoms with E-state index in [0.29, 0.717) is 19.6 Å². The number of methoxy groups -OCH3 is 1. The van der Waals surface area contributed by atoms with Gasteiger partial charge in [0.15, 0.2) is 5.60 Å². The molecule has 1 aromatic heterocycles. The molecule has 1 saturated heterocycles. The standard InChI is InChI=1S/C26H29N3O3/c1-27-25(30)26(16-21-5-3-6-22(15-21)23-7-4-12-28-17-23)19-29(13-14-32-26)18-20-8-10-24(31-2)11-9-20/h3-12,15,17H,13-14,16,18-19H2,1-2H3,(H,27,30)/t26-/m0/s1. The van der Waals surface area contributed by atoms with Crippen molar-refractivity contribution in [2.24, 2.45) is 0 Å². The van der Waals surface area contributed by atoms with E-state index in [4.69, 9.17) is 9.47 Å². The normalized spacial score (nSPS) is 18.8. The molecule has 0 bridgehead atoms. The highest BCUT2D eigenvalue weighted by Gasteiger charge is 2.43. The van der Waals surface area contributed by atoms with Crippen LogP contribution in [0.15, 0.2) is 73.1 Å². The molecule has 6 nitrogen and oxygen atoms in total. The Balaban J connectivity index is 1.55. The molecule has 4 rings (SSSR count). The SMILES string of the molecule is CNC(=O)[C@]1(Cc2cccc(-c3cccnc3)c2)CN(Cc2ccc(OC)cc2)CCO1. The van der Waals surface area contributed by atoms with Gasteiger partial charge < -0.3 is 14.8 Å². The summed E-state index contributed by atoms with van der Waals surface area (Å²) in [7, 11) is 3.33. The van der Waals surface area contributed by atoms with Gasteiger partial charge in [0.05, 0.1) is 13.7 Å². The number of carbonyl (C=O) groups excluding carboxylic acids is 1. The molecule has 2 aromatic carbocycles. The Bertz CT molecular complexity index is 1040. The van der Waals surface area contributed by atoms with Crippen LogP contribution in [-0.4, -0.2) is 55.2 Å². The summed E-state index contributed by atoms with van der Waals surface area (Å²) < 4.78 is 11.4. The van der Waals surface area contributed by atoms with Crippen molar-refractivity contribution in [2.75, 3.05) is 33.9 Å². The number of aromatic nitrogens is 1. The summed E-state index contributed by atoms with van der Waals surface area (Å²) in [5, 5.41) is 2.82. The summed E-state index contributed by atoms with van der Waals surface area (Å²) in [5.41, 5.74) is 3.42. The van der Waals surface area contributed by atoms with Crippen LogP contribution in [0.4, 0.5) is 0 Å². The highest BCUT2D eigenvalue weighted by atomic mass is 16.5. The van der Waals surface area contributed by atoms with Crippen molar-refractivity contribution >= 4 is 5.91 Å². The summed E-state index contributed by atoms with van der Waals surface area (Å²) in [6.45, 7) is 2.56. The summed E-state index contributed by atoms with van der Waals surface area (Å²) in [6.07, 6.45) is 4.11. The van der Waals surface area contributed by atoms with E-state index in [2.05, 4.69) is 45.5 Å². The maximum atomic E-state index is 13.0. The van der Waals surface area contributed by atoms with Gasteiger partial charge in [-0.2, -0.15) is 0 Å².